The Hall–Kier alpha value is -1.75. The summed E-state index contributed by atoms with van der Waals surface area (Å²) in [5.41, 5.74) is 1.49. The lowest BCUT2D eigenvalue weighted by Crippen LogP contribution is -2.21. The van der Waals surface area contributed by atoms with Crippen LogP contribution in [0.25, 0.3) is 11.0 Å². The number of benzene rings is 1. The fourth-order valence-electron chi connectivity index (χ4n) is 2.55. The molecule has 0 saturated carbocycles. The highest BCUT2D eigenvalue weighted by Crippen LogP contribution is 2.37. The number of H-pyrrole nitrogens is 1. The topological polar surface area (TPSA) is 56.4 Å². The van der Waals surface area contributed by atoms with Gasteiger partial charge in [0.25, 0.3) is 0 Å². The van der Waals surface area contributed by atoms with E-state index in [2.05, 4.69) is 16.9 Å². The van der Waals surface area contributed by atoms with Gasteiger partial charge in [-0.25, -0.2) is 4.98 Å². The van der Waals surface area contributed by atoms with E-state index in [4.69, 9.17) is 14.2 Å². The zero-order chi connectivity index (χ0) is 13.5. The molecule has 1 aliphatic heterocycles. The lowest BCUT2D eigenvalue weighted by atomic mass is 10.0. The van der Waals surface area contributed by atoms with Gasteiger partial charge in [0, 0.05) is 18.7 Å². The molecule has 1 aromatic heterocycles. The summed E-state index contributed by atoms with van der Waals surface area (Å²) in [4.78, 5) is 7.97. The van der Waals surface area contributed by atoms with E-state index in [1.165, 1.54) is 0 Å². The molecule has 3 rings (SSSR count). The second-order valence-electron chi connectivity index (χ2n) is 4.99. The van der Waals surface area contributed by atoms with Gasteiger partial charge in [-0.05, 0) is 19.8 Å². The largest absolute Gasteiger partial charge is 0.493 e. The van der Waals surface area contributed by atoms with Crippen LogP contribution < -0.4 is 9.47 Å². The number of hydrogen-bond donors (Lipinski definition) is 1. The predicted molar refractivity (Wildman–Crippen MR) is 71.7 cm³/mol. The normalized spacial score (nSPS) is 22.9. The Morgan fingerprint density at radius 1 is 1.26 bits per heavy atom. The Kier molecular flexibility index (Phi) is 2.86. The summed E-state index contributed by atoms with van der Waals surface area (Å²) in [5, 5.41) is 0. The summed E-state index contributed by atoms with van der Waals surface area (Å²) in [6.07, 6.45) is 2.06. The van der Waals surface area contributed by atoms with E-state index >= 15 is 0 Å². The zero-order valence-corrected chi connectivity index (χ0v) is 11.4. The van der Waals surface area contributed by atoms with Gasteiger partial charge in [-0.3, -0.25) is 0 Å². The van der Waals surface area contributed by atoms with Crippen molar-refractivity contribution in [2.45, 2.75) is 25.4 Å². The molecular formula is C14H18N2O3. The summed E-state index contributed by atoms with van der Waals surface area (Å²) in [7, 11) is 3.25. The molecule has 2 heterocycles. The number of aromatic amines is 1. The summed E-state index contributed by atoms with van der Waals surface area (Å²) >= 11 is 0. The number of nitrogens with zero attached hydrogens (tertiary/aromatic N) is 1. The molecule has 1 N–H and O–H groups in total. The Labute approximate surface area is 111 Å². The van der Waals surface area contributed by atoms with Crippen LogP contribution in [0.2, 0.25) is 0 Å². The maximum absolute atomic E-state index is 5.81. The van der Waals surface area contributed by atoms with Crippen molar-refractivity contribution in [2.75, 3.05) is 20.8 Å². The maximum atomic E-state index is 5.81. The molecule has 5 heteroatoms. The second-order valence-corrected chi connectivity index (χ2v) is 4.99. The lowest BCUT2D eigenvalue weighted by molar-refractivity contribution is 0.0103. The minimum Gasteiger partial charge on any atom is -0.493 e. The van der Waals surface area contributed by atoms with E-state index in [1.807, 2.05) is 12.1 Å². The van der Waals surface area contributed by atoms with Crippen LogP contribution in [0.3, 0.4) is 0 Å². The zero-order valence-electron chi connectivity index (χ0n) is 11.4. The molecular weight excluding hydrogens is 244 g/mol. The van der Waals surface area contributed by atoms with E-state index in [0.717, 1.165) is 36.3 Å². The Morgan fingerprint density at radius 3 is 2.63 bits per heavy atom. The van der Waals surface area contributed by atoms with Gasteiger partial charge in [0.2, 0.25) is 0 Å². The third kappa shape index (κ3) is 1.94. The van der Waals surface area contributed by atoms with Crippen molar-refractivity contribution in [1.82, 2.24) is 9.97 Å². The van der Waals surface area contributed by atoms with Gasteiger partial charge >= 0.3 is 0 Å². The first kappa shape index (κ1) is 12.3. The van der Waals surface area contributed by atoms with Crippen LogP contribution in [-0.4, -0.2) is 30.8 Å². The first-order valence-corrected chi connectivity index (χ1v) is 6.42. The van der Waals surface area contributed by atoms with E-state index in [1.54, 1.807) is 14.2 Å². The number of imidazole rings is 1. The Balaban J connectivity index is 2.10. The highest BCUT2D eigenvalue weighted by atomic mass is 16.5. The molecule has 0 bridgehead atoms. The molecule has 0 radical (unpaired) electrons. The molecule has 0 aliphatic carbocycles. The second kappa shape index (κ2) is 4.42. The van der Waals surface area contributed by atoms with Crippen LogP contribution in [0.5, 0.6) is 11.5 Å². The van der Waals surface area contributed by atoms with Crippen LogP contribution in [-0.2, 0) is 10.3 Å². The minimum atomic E-state index is -0.306. The molecule has 0 amide bonds. The van der Waals surface area contributed by atoms with Crippen molar-refractivity contribution < 1.29 is 14.2 Å². The molecule has 1 atom stereocenters. The average molecular weight is 262 g/mol. The maximum Gasteiger partial charge on any atom is 0.163 e. The summed E-state index contributed by atoms with van der Waals surface area (Å²) in [5.74, 6) is 2.25. The number of nitrogens with one attached hydrogen (secondary N) is 1. The molecule has 102 valence electrons. The number of aromatic nitrogens is 2. The molecule has 19 heavy (non-hydrogen) atoms. The number of ether oxygens (including phenoxy) is 3. The molecule has 1 unspecified atom stereocenters. The van der Waals surface area contributed by atoms with Crippen molar-refractivity contribution in [3.05, 3.63) is 18.0 Å². The molecule has 1 aromatic carbocycles. The molecule has 1 fully saturated rings. The molecule has 5 nitrogen and oxygen atoms in total. The average Bonchev–Trinajstić information content (AvgIpc) is 3.03. The van der Waals surface area contributed by atoms with Crippen LogP contribution in [0.1, 0.15) is 25.6 Å². The van der Waals surface area contributed by atoms with Crippen LogP contribution in [0, 0.1) is 0 Å². The summed E-state index contributed by atoms with van der Waals surface area (Å²) in [6, 6.07) is 3.79. The first-order valence-electron chi connectivity index (χ1n) is 6.42. The number of fused-ring (bicyclic) bond motifs is 1. The van der Waals surface area contributed by atoms with Gasteiger partial charge in [0.15, 0.2) is 11.5 Å². The summed E-state index contributed by atoms with van der Waals surface area (Å²) in [6.45, 7) is 2.87. The van der Waals surface area contributed by atoms with E-state index < -0.39 is 0 Å². The van der Waals surface area contributed by atoms with Gasteiger partial charge in [-0.1, -0.05) is 0 Å². The van der Waals surface area contributed by atoms with Gasteiger partial charge in [-0.15, -0.1) is 0 Å². The van der Waals surface area contributed by atoms with Crippen molar-refractivity contribution in [3.63, 3.8) is 0 Å². The predicted octanol–water partition coefficient (Wildman–Crippen LogP) is 2.61. The fraction of sp³-hybridized carbons (Fsp3) is 0.500. The van der Waals surface area contributed by atoms with E-state index in [9.17, 15) is 0 Å². The summed E-state index contributed by atoms with van der Waals surface area (Å²) < 4.78 is 16.4. The Morgan fingerprint density at radius 2 is 2.00 bits per heavy atom. The lowest BCUT2D eigenvalue weighted by Gasteiger charge is -2.19. The van der Waals surface area contributed by atoms with Crippen molar-refractivity contribution in [2.24, 2.45) is 0 Å². The smallest absolute Gasteiger partial charge is 0.163 e. The van der Waals surface area contributed by atoms with E-state index in [0.29, 0.717) is 11.5 Å². The van der Waals surface area contributed by atoms with Gasteiger partial charge in [0.1, 0.15) is 11.4 Å². The third-order valence-electron chi connectivity index (χ3n) is 3.71. The van der Waals surface area contributed by atoms with Crippen molar-refractivity contribution >= 4 is 11.0 Å². The number of methoxy groups -OCH3 is 2. The molecule has 0 spiro atoms. The fourth-order valence-corrected chi connectivity index (χ4v) is 2.55. The Bertz CT molecular complexity index is 559. The highest BCUT2D eigenvalue weighted by molar-refractivity contribution is 5.80. The monoisotopic (exact) mass is 262 g/mol. The molecule has 2 aromatic rings. The number of hydrogen-bond acceptors (Lipinski definition) is 4. The van der Waals surface area contributed by atoms with Crippen molar-refractivity contribution in [3.8, 4) is 11.5 Å². The van der Waals surface area contributed by atoms with E-state index in [-0.39, 0.29) is 5.60 Å². The van der Waals surface area contributed by atoms with Gasteiger partial charge in [-0.2, -0.15) is 0 Å². The third-order valence-corrected chi connectivity index (χ3v) is 3.71. The van der Waals surface area contributed by atoms with Crippen LogP contribution in [0.15, 0.2) is 12.1 Å². The van der Waals surface area contributed by atoms with Crippen LogP contribution in [0.4, 0.5) is 0 Å². The SMILES string of the molecule is COc1cc2nc(C3(C)CCCO3)[nH]c2cc1OC. The molecule has 1 saturated heterocycles. The first-order chi connectivity index (χ1) is 9.16. The van der Waals surface area contributed by atoms with Gasteiger partial charge in [0.05, 0.1) is 25.3 Å². The van der Waals surface area contributed by atoms with Crippen molar-refractivity contribution in [1.29, 1.82) is 0 Å². The van der Waals surface area contributed by atoms with Crippen LogP contribution >= 0.6 is 0 Å². The molecule has 1 aliphatic rings. The minimum absolute atomic E-state index is 0.306. The number of rotatable bonds is 3. The standard InChI is InChI=1S/C14H18N2O3/c1-14(5-4-6-19-14)13-15-9-7-11(17-2)12(18-3)8-10(9)16-13/h7-8H,4-6H2,1-3H3,(H,15,16). The van der Waals surface area contributed by atoms with Gasteiger partial charge < -0.3 is 19.2 Å². The quantitative estimate of drug-likeness (QED) is 0.923. The highest BCUT2D eigenvalue weighted by Gasteiger charge is 2.34.